The van der Waals surface area contributed by atoms with Crippen molar-refractivity contribution in [1.29, 1.82) is 0 Å². The molecule has 0 radical (unpaired) electrons. The fourth-order valence-corrected chi connectivity index (χ4v) is 8.49. The van der Waals surface area contributed by atoms with Crippen LogP contribution >= 0.6 is 0 Å². The third kappa shape index (κ3) is 7.74. The molecule has 0 unspecified atom stereocenters. The molecular weight excluding hydrogens is 755 g/mol. The van der Waals surface area contributed by atoms with Crippen LogP contribution in [-0.2, 0) is 10.8 Å². The monoisotopic (exact) mass is 807 g/mol. The minimum atomic E-state index is -0.149. The first-order valence-electron chi connectivity index (χ1n) is 21.5. The molecule has 0 aliphatic carbocycles. The summed E-state index contributed by atoms with van der Waals surface area (Å²) >= 11 is 0. The summed E-state index contributed by atoms with van der Waals surface area (Å²) in [7, 11) is 0. The number of benzene rings is 7. The van der Waals surface area contributed by atoms with Crippen molar-refractivity contribution >= 4 is 11.0 Å². The quantitative estimate of drug-likeness (QED) is 0.174. The highest BCUT2D eigenvalue weighted by Gasteiger charge is 2.25. The lowest BCUT2D eigenvalue weighted by Gasteiger charge is -2.22. The third-order valence-corrected chi connectivity index (χ3v) is 12.1. The van der Waals surface area contributed by atoms with Crippen LogP contribution in [0, 0.1) is 13.8 Å². The molecule has 0 saturated carbocycles. The predicted molar refractivity (Wildman–Crippen MR) is 260 cm³/mol. The number of imidazole rings is 1. The van der Waals surface area contributed by atoms with Crippen LogP contribution in [0.15, 0.2) is 170 Å². The Hall–Kier alpha value is -7.04. The van der Waals surface area contributed by atoms with E-state index in [1.807, 2.05) is 13.1 Å². The van der Waals surface area contributed by atoms with Crippen molar-refractivity contribution in [3.8, 4) is 78.6 Å². The van der Waals surface area contributed by atoms with Gasteiger partial charge in [-0.2, -0.15) is 0 Å². The molecule has 2 heterocycles. The number of aromatic nitrogens is 3. The van der Waals surface area contributed by atoms with Gasteiger partial charge in [0.25, 0.3) is 0 Å². The smallest absolute Gasteiger partial charge is 0.149 e. The molecule has 1 N–H and O–H groups in total. The number of nitrogens with zero attached hydrogens (tertiary/aromatic N) is 3. The summed E-state index contributed by atoms with van der Waals surface area (Å²) in [6, 6.07) is 58.3. The van der Waals surface area contributed by atoms with Crippen LogP contribution in [0.3, 0.4) is 0 Å². The summed E-state index contributed by atoms with van der Waals surface area (Å²) in [6.07, 6.45) is 1.91. The van der Waals surface area contributed by atoms with Crippen molar-refractivity contribution in [2.24, 2.45) is 0 Å². The molecule has 9 aromatic rings. The Morgan fingerprint density at radius 1 is 0.468 bits per heavy atom. The van der Waals surface area contributed by atoms with Gasteiger partial charge in [-0.05, 0) is 129 Å². The number of phenolic OH excluding ortho intramolecular Hbond substituents is 1. The van der Waals surface area contributed by atoms with Gasteiger partial charge in [0.05, 0.1) is 28.0 Å². The average Bonchev–Trinajstić information content (AvgIpc) is 3.66. The second kappa shape index (κ2) is 15.8. The lowest BCUT2D eigenvalue weighted by molar-refractivity contribution is 0.471. The second-order valence-corrected chi connectivity index (χ2v) is 18.7. The minimum Gasteiger partial charge on any atom is -0.507 e. The topological polar surface area (TPSA) is 50.9 Å². The maximum absolute atomic E-state index is 12.0. The van der Waals surface area contributed by atoms with Crippen molar-refractivity contribution in [2.45, 2.75) is 66.2 Å². The Bertz CT molecular complexity index is 3090. The molecule has 0 aliphatic rings. The molecular formula is C58H53N3O. The van der Waals surface area contributed by atoms with E-state index in [0.29, 0.717) is 11.4 Å². The number of phenols is 1. The maximum atomic E-state index is 12.0. The number of hydrogen-bond acceptors (Lipinski definition) is 3. The van der Waals surface area contributed by atoms with Crippen LogP contribution in [-0.4, -0.2) is 19.6 Å². The van der Waals surface area contributed by atoms with Gasteiger partial charge < -0.3 is 5.11 Å². The Balaban J connectivity index is 1.30. The lowest BCUT2D eigenvalue weighted by Crippen LogP contribution is -2.12. The number of hydrogen-bond donors (Lipinski definition) is 1. The standard InChI is InChI=1S/C58H53N3O/c1-37-22-27-52(49(30-37)41-18-13-10-14-19-41)61-53-21-15-20-48(54(53)60-56(61)50-36-47(58(6,7)8)31-38(2)55(50)62)44-32-43(39-16-11-9-12-17-39)33-45(34-44)51-35-42(28-29-59-51)40-23-25-46(26-24-40)57(3,4)5/h9-36,62H,1-8H3. The molecule has 7 aromatic carbocycles. The molecule has 0 atom stereocenters. The molecule has 62 heavy (non-hydrogen) atoms. The molecule has 9 rings (SSSR count). The molecule has 0 bridgehead atoms. The van der Waals surface area contributed by atoms with Gasteiger partial charge in [-0.1, -0.05) is 156 Å². The Morgan fingerprint density at radius 3 is 1.81 bits per heavy atom. The van der Waals surface area contributed by atoms with Crippen LogP contribution in [0.1, 0.15) is 63.8 Å². The fraction of sp³-hybridized carbons (Fsp3) is 0.172. The van der Waals surface area contributed by atoms with Gasteiger partial charge in [-0.15, -0.1) is 0 Å². The summed E-state index contributed by atoms with van der Waals surface area (Å²) in [4.78, 5) is 10.6. The summed E-state index contributed by atoms with van der Waals surface area (Å²) in [5.41, 5.74) is 18.5. The molecule has 4 nitrogen and oxygen atoms in total. The molecule has 306 valence electrons. The van der Waals surface area contributed by atoms with Gasteiger partial charge >= 0.3 is 0 Å². The SMILES string of the molecule is Cc1ccc(-n2c(-c3cc(C(C)(C)C)cc(C)c3O)nc3c(-c4cc(-c5ccccc5)cc(-c5cc(-c6ccc(C(C)(C)C)cc6)ccn5)c4)cccc32)c(-c2ccccc2)c1. The summed E-state index contributed by atoms with van der Waals surface area (Å²) in [6.45, 7) is 17.5. The number of aromatic hydroxyl groups is 1. The zero-order valence-corrected chi connectivity index (χ0v) is 37.0. The van der Waals surface area contributed by atoms with E-state index in [9.17, 15) is 5.11 Å². The average molecular weight is 808 g/mol. The first kappa shape index (κ1) is 40.4. The van der Waals surface area contributed by atoms with E-state index in [1.54, 1.807) is 0 Å². The van der Waals surface area contributed by atoms with Gasteiger partial charge in [0, 0.05) is 22.9 Å². The van der Waals surface area contributed by atoms with Gasteiger partial charge in [-0.25, -0.2) is 4.98 Å². The van der Waals surface area contributed by atoms with E-state index >= 15 is 0 Å². The molecule has 0 amide bonds. The van der Waals surface area contributed by atoms with Crippen molar-refractivity contribution < 1.29 is 5.11 Å². The second-order valence-electron chi connectivity index (χ2n) is 18.7. The van der Waals surface area contributed by atoms with Crippen LogP contribution in [0.4, 0.5) is 0 Å². The van der Waals surface area contributed by atoms with Crippen LogP contribution in [0.25, 0.3) is 83.9 Å². The Kier molecular flexibility index (Phi) is 10.3. The summed E-state index contributed by atoms with van der Waals surface area (Å²) in [5, 5.41) is 12.0. The van der Waals surface area contributed by atoms with Gasteiger partial charge in [-0.3, -0.25) is 9.55 Å². The Morgan fingerprint density at radius 2 is 1.11 bits per heavy atom. The van der Waals surface area contributed by atoms with Crippen LogP contribution in [0.2, 0.25) is 0 Å². The number of fused-ring (bicyclic) bond motifs is 1. The molecule has 4 heteroatoms. The highest BCUT2D eigenvalue weighted by molar-refractivity contribution is 5.98. The van der Waals surface area contributed by atoms with Crippen molar-refractivity contribution in [3.05, 3.63) is 192 Å². The largest absolute Gasteiger partial charge is 0.507 e. The number of rotatable bonds is 7. The Labute approximate surface area is 366 Å². The van der Waals surface area contributed by atoms with Gasteiger partial charge in [0.15, 0.2) is 0 Å². The summed E-state index contributed by atoms with van der Waals surface area (Å²) < 4.78 is 2.25. The third-order valence-electron chi connectivity index (χ3n) is 12.1. The highest BCUT2D eigenvalue weighted by Crippen LogP contribution is 2.44. The van der Waals surface area contributed by atoms with E-state index in [1.165, 1.54) is 5.56 Å². The van der Waals surface area contributed by atoms with E-state index in [2.05, 4.69) is 217 Å². The van der Waals surface area contributed by atoms with E-state index in [4.69, 9.17) is 9.97 Å². The molecule has 0 spiro atoms. The predicted octanol–water partition coefficient (Wildman–Crippen LogP) is 15.3. The van der Waals surface area contributed by atoms with E-state index in [0.717, 1.165) is 89.2 Å². The van der Waals surface area contributed by atoms with E-state index < -0.39 is 0 Å². The summed E-state index contributed by atoms with van der Waals surface area (Å²) in [5.74, 6) is 0.920. The zero-order valence-electron chi connectivity index (χ0n) is 37.0. The normalized spacial score (nSPS) is 11.9. The van der Waals surface area contributed by atoms with Crippen molar-refractivity contribution in [3.63, 3.8) is 0 Å². The zero-order chi connectivity index (χ0) is 43.3. The van der Waals surface area contributed by atoms with Crippen LogP contribution in [0.5, 0.6) is 5.75 Å². The molecule has 0 saturated heterocycles. The minimum absolute atomic E-state index is 0.0791. The van der Waals surface area contributed by atoms with Crippen molar-refractivity contribution in [1.82, 2.24) is 14.5 Å². The fourth-order valence-electron chi connectivity index (χ4n) is 8.49. The number of para-hydroxylation sites is 1. The van der Waals surface area contributed by atoms with Crippen molar-refractivity contribution in [2.75, 3.05) is 0 Å². The first-order valence-corrected chi connectivity index (χ1v) is 21.5. The molecule has 2 aromatic heterocycles. The van der Waals surface area contributed by atoms with Gasteiger partial charge in [0.2, 0.25) is 0 Å². The highest BCUT2D eigenvalue weighted by atomic mass is 16.3. The molecule has 0 aliphatic heterocycles. The number of aryl methyl sites for hydroxylation is 2. The maximum Gasteiger partial charge on any atom is 0.149 e. The molecule has 0 fully saturated rings. The van der Waals surface area contributed by atoms with Gasteiger partial charge in [0.1, 0.15) is 11.6 Å². The van der Waals surface area contributed by atoms with Crippen LogP contribution < -0.4 is 0 Å². The van der Waals surface area contributed by atoms with E-state index in [-0.39, 0.29) is 16.6 Å². The lowest BCUT2D eigenvalue weighted by atomic mass is 9.84. The number of pyridine rings is 1. The first-order chi connectivity index (χ1) is 29.7.